The highest BCUT2D eigenvalue weighted by atomic mass is 35.5. The summed E-state index contributed by atoms with van der Waals surface area (Å²) >= 11 is 7.01. The van der Waals surface area contributed by atoms with Crippen LogP contribution in [0.15, 0.2) is 60.3 Å². The Hall–Kier alpha value is -3.17. The van der Waals surface area contributed by atoms with Crippen LogP contribution in [0.25, 0.3) is 11.4 Å². The van der Waals surface area contributed by atoms with Gasteiger partial charge in [0.05, 0.1) is 10.7 Å². The number of amides is 1. The minimum atomic E-state index is -0.600. The van der Waals surface area contributed by atoms with Crippen molar-refractivity contribution in [3.63, 3.8) is 0 Å². The van der Waals surface area contributed by atoms with E-state index in [2.05, 4.69) is 22.1 Å². The molecular weight excluding hydrogens is 426 g/mol. The predicted molar refractivity (Wildman–Crippen MR) is 118 cm³/mol. The molecule has 0 aliphatic rings. The molecule has 0 bridgehead atoms. The van der Waals surface area contributed by atoms with E-state index in [4.69, 9.17) is 11.6 Å². The van der Waals surface area contributed by atoms with Gasteiger partial charge in [-0.05, 0) is 25.1 Å². The molecule has 0 aliphatic heterocycles. The standard InChI is InChI=1S/C20H18ClN5O3S/c1-3-9-25-19(14-6-4-5-13(2)10-14)23-24-20(25)30-12-18(27)22-15-7-8-16(21)17(11-15)26(28)29/h3-8,10-11H,1,9,12H2,2H3,(H,22,27). The molecule has 0 aliphatic carbocycles. The Kier molecular flexibility index (Phi) is 6.86. The summed E-state index contributed by atoms with van der Waals surface area (Å²) in [6.45, 7) is 6.27. The van der Waals surface area contributed by atoms with Gasteiger partial charge in [-0.15, -0.1) is 16.8 Å². The average Bonchev–Trinajstić information content (AvgIpc) is 3.10. The summed E-state index contributed by atoms with van der Waals surface area (Å²) in [7, 11) is 0. The molecule has 1 heterocycles. The summed E-state index contributed by atoms with van der Waals surface area (Å²) in [6, 6.07) is 12.0. The Morgan fingerprint density at radius 3 is 2.83 bits per heavy atom. The van der Waals surface area contributed by atoms with Crippen LogP contribution in [0.5, 0.6) is 0 Å². The third-order valence-corrected chi connectivity index (χ3v) is 5.35. The number of nitro benzene ring substituents is 1. The van der Waals surface area contributed by atoms with Gasteiger partial charge in [-0.1, -0.05) is 53.2 Å². The molecule has 1 N–H and O–H groups in total. The molecule has 1 aromatic heterocycles. The third kappa shape index (κ3) is 5.05. The van der Waals surface area contributed by atoms with Crippen LogP contribution in [0.2, 0.25) is 5.02 Å². The molecule has 0 unspecified atom stereocenters. The summed E-state index contributed by atoms with van der Waals surface area (Å²) < 4.78 is 1.88. The lowest BCUT2D eigenvalue weighted by Crippen LogP contribution is -2.14. The molecule has 2 aromatic carbocycles. The van der Waals surface area contributed by atoms with Crippen LogP contribution in [0.3, 0.4) is 0 Å². The van der Waals surface area contributed by atoms with E-state index in [0.717, 1.165) is 11.1 Å². The van der Waals surface area contributed by atoms with Crippen LogP contribution < -0.4 is 5.32 Å². The average molecular weight is 444 g/mol. The Morgan fingerprint density at radius 2 is 2.13 bits per heavy atom. The van der Waals surface area contributed by atoms with Crippen LogP contribution in [0, 0.1) is 17.0 Å². The maximum atomic E-state index is 12.3. The molecule has 0 atom stereocenters. The number of benzene rings is 2. The summed E-state index contributed by atoms with van der Waals surface area (Å²) in [5.74, 6) is 0.413. The molecule has 3 rings (SSSR count). The van der Waals surface area contributed by atoms with E-state index < -0.39 is 4.92 Å². The fourth-order valence-corrected chi connectivity index (χ4v) is 3.68. The number of aryl methyl sites for hydroxylation is 1. The predicted octanol–water partition coefficient (Wildman–Crippen LogP) is 4.73. The first-order chi connectivity index (χ1) is 14.4. The van der Waals surface area contributed by atoms with Crippen LogP contribution >= 0.6 is 23.4 Å². The van der Waals surface area contributed by atoms with Gasteiger partial charge in [0.25, 0.3) is 5.69 Å². The van der Waals surface area contributed by atoms with Gasteiger partial charge in [-0.2, -0.15) is 0 Å². The molecule has 0 radical (unpaired) electrons. The molecule has 0 saturated heterocycles. The quantitative estimate of drug-likeness (QED) is 0.233. The highest BCUT2D eigenvalue weighted by Crippen LogP contribution is 2.28. The largest absolute Gasteiger partial charge is 0.325 e. The van der Waals surface area contributed by atoms with Gasteiger partial charge in [-0.25, -0.2) is 0 Å². The second-order valence-corrected chi connectivity index (χ2v) is 7.68. The van der Waals surface area contributed by atoms with Crippen molar-refractivity contribution in [3.05, 3.63) is 75.8 Å². The van der Waals surface area contributed by atoms with Crippen molar-refractivity contribution in [2.45, 2.75) is 18.6 Å². The number of aromatic nitrogens is 3. The number of nitrogens with zero attached hydrogens (tertiary/aromatic N) is 4. The fraction of sp³-hybridized carbons (Fsp3) is 0.150. The fourth-order valence-electron chi connectivity index (χ4n) is 2.74. The lowest BCUT2D eigenvalue weighted by molar-refractivity contribution is -0.384. The number of nitrogens with one attached hydrogen (secondary N) is 1. The number of carbonyl (C=O) groups excluding carboxylic acids is 1. The SMILES string of the molecule is C=CCn1c(SCC(=O)Nc2ccc(Cl)c([N+](=O)[O-])c2)nnc1-c1cccc(C)c1. The number of rotatable bonds is 8. The van der Waals surface area contributed by atoms with E-state index in [1.165, 1.54) is 30.0 Å². The highest BCUT2D eigenvalue weighted by molar-refractivity contribution is 7.99. The van der Waals surface area contributed by atoms with E-state index in [0.29, 0.717) is 23.2 Å². The number of thioether (sulfide) groups is 1. The van der Waals surface area contributed by atoms with Crippen molar-refractivity contribution in [1.29, 1.82) is 0 Å². The molecule has 10 heteroatoms. The first-order valence-corrected chi connectivity index (χ1v) is 10.2. The van der Waals surface area contributed by atoms with Gasteiger partial charge in [0, 0.05) is 23.9 Å². The molecule has 154 valence electrons. The summed E-state index contributed by atoms with van der Waals surface area (Å²) in [5, 5.41) is 22.7. The lowest BCUT2D eigenvalue weighted by Gasteiger charge is -2.09. The van der Waals surface area contributed by atoms with Gasteiger partial charge >= 0.3 is 0 Å². The summed E-state index contributed by atoms with van der Waals surface area (Å²) in [6.07, 6.45) is 1.74. The second-order valence-electron chi connectivity index (χ2n) is 6.34. The van der Waals surface area contributed by atoms with E-state index in [1.54, 1.807) is 6.08 Å². The van der Waals surface area contributed by atoms with Crippen LogP contribution in [-0.2, 0) is 11.3 Å². The molecule has 0 fully saturated rings. The van der Waals surface area contributed by atoms with Crippen molar-refractivity contribution in [1.82, 2.24) is 14.8 Å². The summed E-state index contributed by atoms with van der Waals surface area (Å²) in [4.78, 5) is 22.7. The first-order valence-electron chi connectivity index (χ1n) is 8.86. The van der Waals surface area contributed by atoms with Gasteiger partial charge in [0.1, 0.15) is 5.02 Å². The zero-order valence-electron chi connectivity index (χ0n) is 16.0. The lowest BCUT2D eigenvalue weighted by atomic mass is 10.1. The van der Waals surface area contributed by atoms with Gasteiger partial charge in [0.15, 0.2) is 11.0 Å². The second kappa shape index (κ2) is 9.55. The summed E-state index contributed by atoms with van der Waals surface area (Å²) in [5.41, 5.74) is 2.06. The molecule has 0 spiro atoms. The number of carbonyl (C=O) groups is 1. The Labute approximate surface area is 182 Å². The van der Waals surface area contributed by atoms with E-state index in [9.17, 15) is 14.9 Å². The Balaban J connectivity index is 1.72. The molecule has 0 saturated carbocycles. The molecule has 30 heavy (non-hydrogen) atoms. The monoisotopic (exact) mass is 443 g/mol. The van der Waals surface area contributed by atoms with Crippen molar-refractivity contribution in [2.75, 3.05) is 11.1 Å². The highest BCUT2D eigenvalue weighted by Gasteiger charge is 2.17. The first kappa shape index (κ1) is 21.5. The smallest absolute Gasteiger partial charge is 0.289 e. The van der Waals surface area contributed by atoms with Crippen LogP contribution in [0.1, 0.15) is 5.56 Å². The van der Waals surface area contributed by atoms with Crippen molar-refractivity contribution in [2.24, 2.45) is 0 Å². The van der Waals surface area contributed by atoms with Gasteiger partial charge in [0.2, 0.25) is 5.91 Å². The third-order valence-electron chi connectivity index (χ3n) is 4.06. The van der Waals surface area contributed by atoms with Crippen molar-refractivity contribution in [3.8, 4) is 11.4 Å². The van der Waals surface area contributed by atoms with E-state index in [1.807, 2.05) is 35.8 Å². The minimum Gasteiger partial charge on any atom is -0.325 e. The Bertz CT molecular complexity index is 1120. The number of anilines is 1. The van der Waals surface area contributed by atoms with Crippen LogP contribution in [-0.4, -0.2) is 31.3 Å². The zero-order chi connectivity index (χ0) is 21.7. The van der Waals surface area contributed by atoms with E-state index >= 15 is 0 Å². The number of allylic oxidation sites excluding steroid dienone is 1. The van der Waals surface area contributed by atoms with Crippen LogP contribution in [0.4, 0.5) is 11.4 Å². The Morgan fingerprint density at radius 1 is 1.33 bits per heavy atom. The molecule has 1 amide bonds. The van der Waals surface area contributed by atoms with E-state index in [-0.39, 0.29) is 22.4 Å². The maximum absolute atomic E-state index is 12.3. The number of hydrogen-bond donors (Lipinski definition) is 1. The maximum Gasteiger partial charge on any atom is 0.289 e. The van der Waals surface area contributed by atoms with Crippen molar-refractivity contribution >= 4 is 40.6 Å². The molecule has 8 nitrogen and oxygen atoms in total. The molecule has 3 aromatic rings. The number of nitro groups is 1. The number of hydrogen-bond acceptors (Lipinski definition) is 6. The zero-order valence-corrected chi connectivity index (χ0v) is 17.6. The molecular formula is C20H18ClN5O3S. The topological polar surface area (TPSA) is 103 Å². The van der Waals surface area contributed by atoms with Gasteiger partial charge < -0.3 is 5.32 Å². The van der Waals surface area contributed by atoms with Crippen molar-refractivity contribution < 1.29 is 9.72 Å². The van der Waals surface area contributed by atoms with Gasteiger partial charge in [-0.3, -0.25) is 19.5 Å². The normalized spacial score (nSPS) is 10.6. The number of halogens is 1. The minimum absolute atomic E-state index is 0.00794.